The van der Waals surface area contributed by atoms with Crippen LogP contribution in [0.5, 0.6) is 0 Å². The molecule has 2 bridgehead atoms. The van der Waals surface area contributed by atoms with Crippen LogP contribution in [0.4, 0.5) is 0 Å². The third-order valence-electron chi connectivity index (χ3n) is 6.74. The number of carbonyl (C=O) groups is 2. The highest BCUT2D eigenvalue weighted by Gasteiger charge is 2.62. The Morgan fingerprint density at radius 2 is 1.85 bits per heavy atom. The molecule has 1 heterocycles. The molecule has 26 heavy (non-hydrogen) atoms. The van der Waals surface area contributed by atoms with Gasteiger partial charge in [0.1, 0.15) is 12.7 Å². The predicted octanol–water partition coefficient (Wildman–Crippen LogP) is 3.83. The van der Waals surface area contributed by atoms with E-state index in [2.05, 4.69) is 33.9 Å². The van der Waals surface area contributed by atoms with Gasteiger partial charge < -0.3 is 14.2 Å². The monoisotopic (exact) mass is 364 g/mol. The van der Waals surface area contributed by atoms with Crippen molar-refractivity contribution in [2.45, 2.75) is 65.1 Å². The van der Waals surface area contributed by atoms with Crippen LogP contribution in [0, 0.1) is 16.7 Å². The SMILES string of the molecule is C=CC(=O)OC1CC2CCC1(C)C2(C)C.C=CC(=O)OCC1CCCO1. The van der Waals surface area contributed by atoms with Crippen LogP contribution in [0.25, 0.3) is 0 Å². The van der Waals surface area contributed by atoms with Crippen LogP contribution < -0.4 is 0 Å². The van der Waals surface area contributed by atoms with Crippen LogP contribution in [0.3, 0.4) is 0 Å². The third kappa shape index (κ3) is 4.20. The zero-order chi connectivity index (χ0) is 19.4. The van der Waals surface area contributed by atoms with Gasteiger partial charge in [0.05, 0.1) is 6.10 Å². The molecular weight excluding hydrogens is 332 g/mol. The Morgan fingerprint density at radius 3 is 2.31 bits per heavy atom. The van der Waals surface area contributed by atoms with Gasteiger partial charge in [0, 0.05) is 24.2 Å². The van der Waals surface area contributed by atoms with E-state index in [4.69, 9.17) is 14.2 Å². The number of rotatable bonds is 5. The second-order valence-corrected chi connectivity index (χ2v) is 8.21. The summed E-state index contributed by atoms with van der Waals surface area (Å²) < 4.78 is 15.5. The number of esters is 2. The highest BCUT2D eigenvalue weighted by atomic mass is 16.6. The Bertz CT molecular complexity index is 547. The topological polar surface area (TPSA) is 61.8 Å². The minimum absolute atomic E-state index is 0.0942. The standard InChI is InChI=1S/C13H20O2.C8H12O3/c1-5-11(14)15-10-8-9-6-7-13(10,4)12(9,2)3;1-2-8(9)11-6-7-4-3-5-10-7/h5,9-10H,1,6-8H2,2-4H3;2,7H,1,3-6H2. The van der Waals surface area contributed by atoms with E-state index in [-0.39, 0.29) is 29.6 Å². The molecule has 5 heteroatoms. The molecule has 1 aliphatic heterocycles. The van der Waals surface area contributed by atoms with Crippen molar-refractivity contribution in [2.75, 3.05) is 13.2 Å². The summed E-state index contributed by atoms with van der Waals surface area (Å²) in [4.78, 5) is 21.8. The number of carbonyl (C=O) groups excluding carboxylic acids is 2. The van der Waals surface area contributed by atoms with Crippen LogP contribution in [0.1, 0.15) is 52.9 Å². The Kier molecular flexibility index (Phi) is 6.67. The van der Waals surface area contributed by atoms with Crippen molar-refractivity contribution in [3.05, 3.63) is 25.3 Å². The number of hydrogen-bond donors (Lipinski definition) is 0. The lowest BCUT2D eigenvalue weighted by molar-refractivity contribution is -0.150. The molecule has 0 aromatic heterocycles. The summed E-state index contributed by atoms with van der Waals surface area (Å²) in [5.41, 5.74) is 0.468. The van der Waals surface area contributed by atoms with Gasteiger partial charge in [0.15, 0.2) is 0 Å². The van der Waals surface area contributed by atoms with Crippen molar-refractivity contribution in [1.82, 2.24) is 0 Å². The maximum absolute atomic E-state index is 11.3. The molecule has 0 radical (unpaired) electrons. The minimum Gasteiger partial charge on any atom is -0.460 e. The van der Waals surface area contributed by atoms with Gasteiger partial charge in [-0.2, -0.15) is 0 Å². The van der Waals surface area contributed by atoms with Gasteiger partial charge in [-0.3, -0.25) is 0 Å². The smallest absolute Gasteiger partial charge is 0.330 e. The van der Waals surface area contributed by atoms with E-state index >= 15 is 0 Å². The molecule has 1 saturated heterocycles. The van der Waals surface area contributed by atoms with Gasteiger partial charge in [-0.25, -0.2) is 9.59 Å². The van der Waals surface area contributed by atoms with E-state index < -0.39 is 0 Å². The third-order valence-corrected chi connectivity index (χ3v) is 6.74. The molecule has 5 nitrogen and oxygen atoms in total. The summed E-state index contributed by atoms with van der Waals surface area (Å²) >= 11 is 0. The zero-order valence-corrected chi connectivity index (χ0v) is 16.3. The molecule has 3 fully saturated rings. The van der Waals surface area contributed by atoms with E-state index in [0.29, 0.717) is 17.9 Å². The summed E-state index contributed by atoms with van der Waals surface area (Å²) in [6.45, 7) is 14.8. The lowest BCUT2D eigenvalue weighted by atomic mass is 9.70. The molecule has 0 amide bonds. The normalized spacial score (nSPS) is 33.7. The van der Waals surface area contributed by atoms with Gasteiger partial charge in [0.25, 0.3) is 0 Å². The first-order chi connectivity index (χ1) is 12.2. The van der Waals surface area contributed by atoms with E-state index in [1.165, 1.54) is 18.9 Å². The summed E-state index contributed by atoms with van der Waals surface area (Å²) in [7, 11) is 0. The Hall–Kier alpha value is -1.62. The van der Waals surface area contributed by atoms with Crippen LogP contribution >= 0.6 is 0 Å². The average molecular weight is 364 g/mol. The highest BCUT2D eigenvalue weighted by molar-refractivity contribution is 5.81. The van der Waals surface area contributed by atoms with E-state index in [0.717, 1.165) is 31.9 Å². The van der Waals surface area contributed by atoms with Crippen molar-refractivity contribution in [1.29, 1.82) is 0 Å². The lowest BCUT2D eigenvalue weighted by Crippen LogP contribution is -2.38. The predicted molar refractivity (Wildman–Crippen MR) is 99.4 cm³/mol. The molecule has 3 rings (SSSR count). The second kappa shape index (κ2) is 8.38. The largest absolute Gasteiger partial charge is 0.460 e. The first-order valence-corrected chi connectivity index (χ1v) is 9.48. The van der Waals surface area contributed by atoms with Crippen molar-refractivity contribution >= 4 is 11.9 Å². The minimum atomic E-state index is -0.375. The van der Waals surface area contributed by atoms with Gasteiger partial charge in [-0.15, -0.1) is 0 Å². The maximum Gasteiger partial charge on any atom is 0.330 e. The molecule has 4 unspecified atom stereocenters. The lowest BCUT2D eigenvalue weighted by Gasteiger charge is -2.38. The fraction of sp³-hybridized carbons (Fsp3) is 0.714. The van der Waals surface area contributed by atoms with Crippen LogP contribution in [0.2, 0.25) is 0 Å². The van der Waals surface area contributed by atoms with Crippen LogP contribution in [0.15, 0.2) is 25.3 Å². The number of fused-ring (bicyclic) bond motifs is 2. The fourth-order valence-electron chi connectivity index (χ4n) is 4.51. The van der Waals surface area contributed by atoms with Crippen molar-refractivity contribution in [2.24, 2.45) is 16.7 Å². The van der Waals surface area contributed by atoms with Crippen LogP contribution in [-0.4, -0.2) is 37.4 Å². The molecule has 0 N–H and O–H groups in total. The quantitative estimate of drug-likeness (QED) is 0.548. The Labute approximate surface area is 156 Å². The molecule has 3 aliphatic rings. The molecular formula is C21H32O5. The Morgan fingerprint density at radius 1 is 1.15 bits per heavy atom. The molecule has 146 valence electrons. The van der Waals surface area contributed by atoms with Crippen molar-refractivity contribution < 1.29 is 23.8 Å². The summed E-state index contributed by atoms with van der Waals surface area (Å²) in [5.74, 6) is 0.0650. The van der Waals surface area contributed by atoms with Crippen molar-refractivity contribution in [3.8, 4) is 0 Å². The van der Waals surface area contributed by atoms with E-state index in [1.807, 2.05) is 0 Å². The summed E-state index contributed by atoms with van der Waals surface area (Å²) in [6, 6.07) is 0. The average Bonchev–Trinajstić information content (AvgIpc) is 3.26. The van der Waals surface area contributed by atoms with Gasteiger partial charge in [-0.1, -0.05) is 33.9 Å². The summed E-state index contributed by atoms with van der Waals surface area (Å²) in [5, 5.41) is 0. The molecule has 0 aromatic carbocycles. The first kappa shape index (κ1) is 20.7. The zero-order valence-electron chi connectivity index (χ0n) is 16.3. The van der Waals surface area contributed by atoms with Gasteiger partial charge >= 0.3 is 11.9 Å². The fourth-order valence-corrected chi connectivity index (χ4v) is 4.51. The van der Waals surface area contributed by atoms with Crippen molar-refractivity contribution in [3.63, 3.8) is 0 Å². The molecule has 2 aliphatic carbocycles. The van der Waals surface area contributed by atoms with Crippen LogP contribution in [-0.2, 0) is 23.8 Å². The molecule has 2 saturated carbocycles. The van der Waals surface area contributed by atoms with Gasteiger partial charge in [-0.05, 0) is 43.4 Å². The number of hydrogen-bond acceptors (Lipinski definition) is 5. The maximum atomic E-state index is 11.3. The van der Waals surface area contributed by atoms with Gasteiger partial charge in [0.2, 0.25) is 0 Å². The summed E-state index contributed by atoms with van der Waals surface area (Å²) in [6.07, 6.45) is 8.18. The number of ether oxygens (including phenoxy) is 3. The first-order valence-electron chi connectivity index (χ1n) is 9.48. The highest BCUT2D eigenvalue weighted by Crippen LogP contribution is 2.66. The molecule has 0 spiro atoms. The van der Waals surface area contributed by atoms with E-state index in [1.54, 1.807) is 0 Å². The molecule has 4 atom stereocenters. The van der Waals surface area contributed by atoms with E-state index in [9.17, 15) is 9.59 Å². The molecule has 0 aromatic rings. The second-order valence-electron chi connectivity index (χ2n) is 8.21. The Balaban J connectivity index is 0.000000197.